The van der Waals surface area contributed by atoms with Gasteiger partial charge in [0.25, 0.3) is 0 Å². The fraction of sp³-hybridized carbons (Fsp3) is 0.818. The zero-order valence-corrected chi connectivity index (χ0v) is 9.99. The third-order valence-corrected chi connectivity index (χ3v) is 2.33. The molecule has 0 aliphatic rings. The van der Waals surface area contributed by atoms with Gasteiger partial charge in [-0.15, -0.1) is 0 Å². The Morgan fingerprint density at radius 3 is 2.47 bits per heavy atom. The first-order chi connectivity index (χ1) is 7.08. The van der Waals surface area contributed by atoms with E-state index in [1.807, 2.05) is 20.8 Å². The average Bonchev–Trinajstić information content (AvgIpc) is 2.19. The molecule has 4 heteroatoms. The molecule has 1 amide bonds. The highest BCUT2D eigenvalue weighted by Crippen LogP contribution is 2.13. The molecule has 0 aliphatic carbocycles. The van der Waals surface area contributed by atoms with Gasteiger partial charge in [0, 0.05) is 20.2 Å². The topological polar surface area (TPSA) is 53.3 Å². The number of ether oxygens (including phenoxy) is 1. The summed E-state index contributed by atoms with van der Waals surface area (Å²) in [6.07, 6.45) is 0. The number of rotatable bonds is 6. The number of likely N-dealkylation sites (N-methyl/N-ethyl adjacent to an activating group) is 1. The number of carbonyl (C=O) groups excluding carboxylic acids is 1. The van der Waals surface area contributed by atoms with E-state index in [-0.39, 0.29) is 11.8 Å². The summed E-state index contributed by atoms with van der Waals surface area (Å²) >= 11 is 0. The molecule has 0 aromatic rings. The van der Waals surface area contributed by atoms with Gasteiger partial charge in [0.15, 0.2) is 0 Å². The van der Waals surface area contributed by atoms with Crippen LogP contribution in [0.4, 0.5) is 0 Å². The van der Waals surface area contributed by atoms with Crippen molar-refractivity contribution in [3.63, 3.8) is 0 Å². The summed E-state index contributed by atoms with van der Waals surface area (Å²) in [6.45, 7) is 7.36. The number of hydrogen-bond acceptors (Lipinski definition) is 3. The minimum absolute atomic E-state index is 0.0547. The van der Waals surface area contributed by atoms with Gasteiger partial charge in [0.05, 0.1) is 12.7 Å². The molecule has 1 unspecified atom stereocenters. The van der Waals surface area contributed by atoms with Gasteiger partial charge in [-0.05, 0) is 12.8 Å². The second kappa shape index (κ2) is 7.24. The van der Waals surface area contributed by atoms with Crippen molar-refractivity contribution >= 4 is 5.91 Å². The second-order valence-electron chi connectivity index (χ2n) is 3.76. The fourth-order valence-corrected chi connectivity index (χ4v) is 1.31. The Morgan fingerprint density at radius 2 is 2.13 bits per heavy atom. The summed E-state index contributed by atoms with van der Waals surface area (Å²) in [5.41, 5.74) is 0. The lowest BCUT2D eigenvalue weighted by Crippen LogP contribution is -2.39. The lowest BCUT2D eigenvalue weighted by molar-refractivity contribution is -0.135. The van der Waals surface area contributed by atoms with Crippen LogP contribution in [0, 0.1) is 23.2 Å². The highest BCUT2D eigenvalue weighted by Gasteiger charge is 2.25. The molecule has 1 atom stereocenters. The van der Waals surface area contributed by atoms with Crippen LogP contribution in [0.1, 0.15) is 20.8 Å². The number of nitrogens with zero attached hydrogens (tertiary/aromatic N) is 2. The summed E-state index contributed by atoms with van der Waals surface area (Å²) in [6, 6.07) is 2.06. The van der Waals surface area contributed by atoms with Crippen LogP contribution in [0.2, 0.25) is 0 Å². The van der Waals surface area contributed by atoms with Crippen LogP contribution in [0.15, 0.2) is 0 Å². The summed E-state index contributed by atoms with van der Waals surface area (Å²) in [5.74, 6) is -0.576. The molecule has 0 fully saturated rings. The minimum Gasteiger partial charge on any atom is -0.383 e. The maximum Gasteiger partial charge on any atom is 0.240 e. The molecular weight excluding hydrogens is 192 g/mol. The predicted molar refractivity (Wildman–Crippen MR) is 58.1 cm³/mol. The van der Waals surface area contributed by atoms with Crippen LogP contribution in [-0.2, 0) is 9.53 Å². The normalized spacial score (nSPS) is 12.3. The van der Waals surface area contributed by atoms with Crippen molar-refractivity contribution in [3.8, 4) is 6.07 Å². The van der Waals surface area contributed by atoms with Gasteiger partial charge in [-0.25, -0.2) is 0 Å². The van der Waals surface area contributed by atoms with E-state index in [9.17, 15) is 4.79 Å². The molecular formula is C11H20N2O2. The predicted octanol–water partition coefficient (Wildman–Crippen LogP) is 1.28. The number of carbonyl (C=O) groups is 1. The molecule has 0 aromatic heterocycles. The van der Waals surface area contributed by atoms with E-state index in [2.05, 4.69) is 6.07 Å². The molecule has 0 radical (unpaired) electrons. The molecule has 86 valence electrons. The van der Waals surface area contributed by atoms with E-state index < -0.39 is 5.92 Å². The summed E-state index contributed by atoms with van der Waals surface area (Å²) in [4.78, 5) is 13.6. The lowest BCUT2D eigenvalue weighted by atomic mass is 9.96. The molecule has 4 nitrogen and oxygen atoms in total. The Balaban J connectivity index is 4.42. The Bertz CT molecular complexity index is 233. The zero-order chi connectivity index (χ0) is 11.8. The second-order valence-corrected chi connectivity index (χ2v) is 3.76. The van der Waals surface area contributed by atoms with Gasteiger partial charge in [-0.2, -0.15) is 5.26 Å². The summed E-state index contributed by atoms with van der Waals surface area (Å²) in [5, 5.41) is 8.91. The van der Waals surface area contributed by atoms with Crippen molar-refractivity contribution in [3.05, 3.63) is 0 Å². The molecule has 0 N–H and O–H groups in total. The maximum atomic E-state index is 11.9. The van der Waals surface area contributed by atoms with Gasteiger partial charge in [0.1, 0.15) is 5.92 Å². The largest absolute Gasteiger partial charge is 0.383 e. The maximum absolute atomic E-state index is 11.9. The Labute approximate surface area is 91.8 Å². The van der Waals surface area contributed by atoms with Gasteiger partial charge in [-0.1, -0.05) is 13.8 Å². The molecule has 0 heterocycles. The smallest absolute Gasteiger partial charge is 0.240 e. The van der Waals surface area contributed by atoms with Gasteiger partial charge >= 0.3 is 0 Å². The zero-order valence-electron chi connectivity index (χ0n) is 9.99. The molecule has 0 spiro atoms. The van der Waals surface area contributed by atoms with Crippen LogP contribution in [0.3, 0.4) is 0 Å². The molecule has 0 bridgehead atoms. The number of amides is 1. The number of hydrogen-bond donors (Lipinski definition) is 0. The van der Waals surface area contributed by atoms with E-state index in [4.69, 9.17) is 10.00 Å². The van der Waals surface area contributed by atoms with Crippen LogP contribution in [0.25, 0.3) is 0 Å². The molecule has 0 saturated heterocycles. The SMILES string of the molecule is CCN(CCOC)C(=O)C(C#N)C(C)C. The molecule has 0 rings (SSSR count). The Morgan fingerprint density at radius 1 is 1.53 bits per heavy atom. The van der Waals surface area contributed by atoms with E-state index in [1.165, 1.54) is 0 Å². The van der Waals surface area contributed by atoms with Gasteiger partial charge < -0.3 is 9.64 Å². The fourth-order valence-electron chi connectivity index (χ4n) is 1.31. The Hall–Kier alpha value is -1.08. The van der Waals surface area contributed by atoms with Crippen molar-refractivity contribution in [2.75, 3.05) is 26.8 Å². The van der Waals surface area contributed by atoms with Gasteiger partial charge in [0.2, 0.25) is 5.91 Å². The first-order valence-corrected chi connectivity index (χ1v) is 5.25. The first-order valence-electron chi connectivity index (χ1n) is 5.25. The van der Waals surface area contributed by atoms with Crippen molar-refractivity contribution in [1.82, 2.24) is 4.90 Å². The van der Waals surface area contributed by atoms with Gasteiger partial charge in [-0.3, -0.25) is 4.79 Å². The number of nitriles is 1. The number of methoxy groups -OCH3 is 1. The van der Waals surface area contributed by atoms with E-state index in [0.717, 1.165) is 0 Å². The first kappa shape index (κ1) is 13.9. The van der Waals surface area contributed by atoms with Crippen LogP contribution >= 0.6 is 0 Å². The average molecular weight is 212 g/mol. The minimum atomic E-state index is -0.540. The quantitative estimate of drug-likeness (QED) is 0.666. The summed E-state index contributed by atoms with van der Waals surface area (Å²) < 4.78 is 4.92. The third-order valence-electron chi connectivity index (χ3n) is 2.33. The van der Waals surface area contributed by atoms with Crippen LogP contribution in [-0.4, -0.2) is 37.6 Å². The van der Waals surface area contributed by atoms with E-state index >= 15 is 0 Å². The summed E-state index contributed by atoms with van der Waals surface area (Å²) in [7, 11) is 1.60. The molecule has 0 aromatic carbocycles. The third kappa shape index (κ3) is 4.30. The highest BCUT2D eigenvalue weighted by atomic mass is 16.5. The van der Waals surface area contributed by atoms with Crippen LogP contribution in [0.5, 0.6) is 0 Å². The molecule has 0 saturated carbocycles. The molecule has 0 aliphatic heterocycles. The lowest BCUT2D eigenvalue weighted by Gasteiger charge is -2.24. The highest BCUT2D eigenvalue weighted by molar-refractivity contribution is 5.81. The molecule has 15 heavy (non-hydrogen) atoms. The van der Waals surface area contributed by atoms with Crippen molar-refractivity contribution in [2.24, 2.45) is 11.8 Å². The van der Waals surface area contributed by atoms with Crippen molar-refractivity contribution < 1.29 is 9.53 Å². The Kier molecular flexibility index (Phi) is 6.72. The van der Waals surface area contributed by atoms with E-state index in [1.54, 1.807) is 12.0 Å². The van der Waals surface area contributed by atoms with Crippen LogP contribution < -0.4 is 0 Å². The van der Waals surface area contributed by atoms with E-state index in [0.29, 0.717) is 19.7 Å². The van der Waals surface area contributed by atoms with Crippen molar-refractivity contribution in [1.29, 1.82) is 5.26 Å². The van der Waals surface area contributed by atoms with Crippen molar-refractivity contribution in [2.45, 2.75) is 20.8 Å². The standard InChI is InChI=1S/C11H20N2O2/c1-5-13(6-7-15-4)11(14)10(8-12)9(2)3/h9-10H,5-7H2,1-4H3. The monoisotopic (exact) mass is 212 g/mol.